The van der Waals surface area contributed by atoms with Gasteiger partial charge in [0.05, 0.1) is 24.8 Å². The molecule has 0 saturated heterocycles. The number of furan rings is 1. The van der Waals surface area contributed by atoms with Crippen LogP contribution >= 0.6 is 11.3 Å². The average molecular weight is 478 g/mol. The van der Waals surface area contributed by atoms with Gasteiger partial charge >= 0.3 is 0 Å². The molecule has 0 spiro atoms. The molecule has 3 aromatic rings. The van der Waals surface area contributed by atoms with Crippen LogP contribution in [0.15, 0.2) is 64.6 Å². The van der Waals surface area contributed by atoms with Crippen LogP contribution in [0.3, 0.4) is 0 Å². The van der Waals surface area contributed by atoms with Gasteiger partial charge in [-0.3, -0.25) is 14.5 Å². The first-order chi connectivity index (χ1) is 16.6. The van der Waals surface area contributed by atoms with E-state index in [-0.39, 0.29) is 17.9 Å². The van der Waals surface area contributed by atoms with Gasteiger partial charge in [0.15, 0.2) is 0 Å². The van der Waals surface area contributed by atoms with Crippen LogP contribution < -0.4 is 5.32 Å². The Labute approximate surface area is 204 Å². The second kappa shape index (κ2) is 10.2. The highest BCUT2D eigenvalue weighted by Crippen LogP contribution is 2.43. The molecule has 1 N–H and O–H groups in total. The molecule has 0 radical (unpaired) electrons. The predicted molar refractivity (Wildman–Crippen MR) is 133 cm³/mol. The van der Waals surface area contributed by atoms with Gasteiger partial charge in [-0.05, 0) is 48.1 Å². The molecule has 178 valence electrons. The third kappa shape index (κ3) is 4.55. The fourth-order valence-electron chi connectivity index (χ4n) is 5.47. The Bertz CT molecular complexity index is 1110. The molecule has 0 unspecified atom stereocenters. The smallest absolute Gasteiger partial charge is 0.254 e. The van der Waals surface area contributed by atoms with Crippen molar-refractivity contribution in [3.8, 4) is 0 Å². The maximum atomic E-state index is 13.7. The number of thiophene rings is 1. The Balaban J connectivity index is 1.33. The molecule has 1 aliphatic carbocycles. The first-order valence-electron chi connectivity index (χ1n) is 12.1. The van der Waals surface area contributed by atoms with Gasteiger partial charge in [0, 0.05) is 36.6 Å². The molecule has 2 aliphatic rings. The van der Waals surface area contributed by atoms with Gasteiger partial charge < -0.3 is 14.6 Å². The van der Waals surface area contributed by atoms with E-state index < -0.39 is 5.92 Å². The van der Waals surface area contributed by atoms with Crippen molar-refractivity contribution >= 4 is 23.2 Å². The van der Waals surface area contributed by atoms with Crippen LogP contribution in [-0.2, 0) is 11.3 Å². The van der Waals surface area contributed by atoms with E-state index in [1.165, 1.54) is 25.7 Å². The molecule has 7 heteroatoms. The van der Waals surface area contributed by atoms with Crippen molar-refractivity contribution in [3.63, 3.8) is 0 Å². The standard InChI is InChI=1S/C27H31N3O3S/c1-29-25(23-13-7-17-34-23)24(21-11-4-5-12-22(21)27(29)32)26(31)28-14-15-30(19-8-2-3-9-19)18-20-10-6-16-33-20/h4-7,10-13,16-17,19,24-25H,2-3,8-9,14-15,18H2,1H3,(H,28,31)/t24-,25-/m1/s1. The van der Waals surface area contributed by atoms with E-state index in [1.54, 1.807) is 29.5 Å². The number of hydrogen-bond donors (Lipinski definition) is 1. The summed E-state index contributed by atoms with van der Waals surface area (Å²) in [6, 6.07) is 15.7. The molecule has 2 aromatic heterocycles. The number of nitrogens with one attached hydrogen (secondary N) is 1. The van der Waals surface area contributed by atoms with E-state index in [0.717, 1.165) is 29.3 Å². The van der Waals surface area contributed by atoms with Gasteiger partial charge in [-0.1, -0.05) is 37.1 Å². The van der Waals surface area contributed by atoms with E-state index >= 15 is 0 Å². The summed E-state index contributed by atoms with van der Waals surface area (Å²) in [7, 11) is 1.80. The molecule has 1 saturated carbocycles. The van der Waals surface area contributed by atoms with Crippen LogP contribution in [-0.4, -0.2) is 47.8 Å². The monoisotopic (exact) mass is 477 g/mol. The second-order valence-electron chi connectivity index (χ2n) is 9.22. The van der Waals surface area contributed by atoms with Gasteiger partial charge in [-0.25, -0.2) is 0 Å². The quantitative estimate of drug-likeness (QED) is 0.506. The average Bonchev–Trinajstić information content (AvgIpc) is 3.64. The van der Waals surface area contributed by atoms with Crippen LogP contribution in [0.1, 0.15) is 64.2 Å². The molecule has 2 atom stereocenters. The van der Waals surface area contributed by atoms with Crippen LogP contribution in [0.2, 0.25) is 0 Å². The molecular formula is C27H31N3O3S. The van der Waals surface area contributed by atoms with Gasteiger partial charge in [0.2, 0.25) is 5.91 Å². The van der Waals surface area contributed by atoms with Gasteiger partial charge in [0.25, 0.3) is 5.91 Å². The molecular weight excluding hydrogens is 446 g/mol. The van der Waals surface area contributed by atoms with E-state index in [1.807, 2.05) is 53.9 Å². The molecule has 6 nitrogen and oxygen atoms in total. The fraction of sp³-hybridized carbons (Fsp3) is 0.407. The zero-order valence-corrected chi connectivity index (χ0v) is 20.3. The Kier molecular flexibility index (Phi) is 6.83. The van der Waals surface area contributed by atoms with Crippen LogP contribution in [0.5, 0.6) is 0 Å². The number of nitrogens with zero attached hydrogens (tertiary/aromatic N) is 2. The third-order valence-corrected chi connectivity index (χ3v) is 8.12. The number of rotatable bonds is 8. The lowest BCUT2D eigenvalue weighted by atomic mass is 9.82. The van der Waals surface area contributed by atoms with E-state index in [9.17, 15) is 9.59 Å². The maximum Gasteiger partial charge on any atom is 0.254 e. The predicted octanol–water partition coefficient (Wildman–Crippen LogP) is 4.81. The molecule has 2 amide bonds. The first kappa shape index (κ1) is 22.9. The number of likely N-dealkylation sites (N-methyl/N-ethyl adjacent to an activating group) is 1. The molecule has 1 aliphatic heterocycles. The van der Waals surface area contributed by atoms with Gasteiger partial charge in [-0.2, -0.15) is 0 Å². The number of benzene rings is 1. The number of carbonyl (C=O) groups excluding carboxylic acids is 2. The lowest BCUT2D eigenvalue weighted by Crippen LogP contribution is -2.47. The Morgan fingerprint density at radius 1 is 1.15 bits per heavy atom. The lowest BCUT2D eigenvalue weighted by Gasteiger charge is -2.39. The van der Waals surface area contributed by atoms with Gasteiger partial charge in [0.1, 0.15) is 5.76 Å². The van der Waals surface area contributed by atoms with Crippen LogP contribution in [0, 0.1) is 0 Å². The first-order valence-corrected chi connectivity index (χ1v) is 12.9. The second-order valence-corrected chi connectivity index (χ2v) is 10.2. The summed E-state index contributed by atoms with van der Waals surface area (Å²) in [6.45, 7) is 2.09. The number of amides is 2. The fourth-order valence-corrected chi connectivity index (χ4v) is 6.37. The SMILES string of the molecule is CN1C(=O)c2ccccc2[C@@H](C(=O)NCCN(Cc2ccco2)C2CCCC2)[C@H]1c1cccs1. The van der Waals surface area contributed by atoms with Crippen LogP contribution in [0.4, 0.5) is 0 Å². The summed E-state index contributed by atoms with van der Waals surface area (Å²) in [5.41, 5.74) is 1.42. The van der Waals surface area contributed by atoms with Gasteiger partial charge in [-0.15, -0.1) is 11.3 Å². The highest BCUT2D eigenvalue weighted by Gasteiger charge is 2.43. The van der Waals surface area contributed by atoms with Crippen molar-refractivity contribution in [2.45, 2.75) is 50.2 Å². The minimum absolute atomic E-state index is 0.0328. The summed E-state index contributed by atoms with van der Waals surface area (Å²) in [4.78, 5) is 31.9. The summed E-state index contributed by atoms with van der Waals surface area (Å²) >= 11 is 1.59. The molecule has 3 heterocycles. The minimum Gasteiger partial charge on any atom is -0.468 e. The Hall–Kier alpha value is -2.90. The normalized spacial score (nSPS) is 20.6. The zero-order chi connectivity index (χ0) is 23.5. The van der Waals surface area contributed by atoms with E-state index in [2.05, 4.69) is 10.2 Å². The number of fused-ring (bicyclic) bond motifs is 1. The highest BCUT2D eigenvalue weighted by molar-refractivity contribution is 7.10. The molecule has 34 heavy (non-hydrogen) atoms. The van der Waals surface area contributed by atoms with Crippen molar-refractivity contribution in [1.82, 2.24) is 15.1 Å². The largest absolute Gasteiger partial charge is 0.468 e. The number of hydrogen-bond acceptors (Lipinski definition) is 5. The summed E-state index contributed by atoms with van der Waals surface area (Å²) < 4.78 is 5.60. The molecule has 1 fully saturated rings. The van der Waals surface area contributed by atoms with E-state index in [0.29, 0.717) is 18.2 Å². The maximum absolute atomic E-state index is 13.7. The summed E-state index contributed by atoms with van der Waals surface area (Å²) in [5.74, 6) is 0.443. The van der Waals surface area contributed by atoms with Crippen molar-refractivity contribution in [2.24, 2.45) is 0 Å². The molecule has 0 bridgehead atoms. The molecule has 5 rings (SSSR count). The summed E-state index contributed by atoms with van der Waals surface area (Å²) in [6.07, 6.45) is 6.61. The third-order valence-electron chi connectivity index (χ3n) is 7.18. The van der Waals surface area contributed by atoms with Crippen molar-refractivity contribution < 1.29 is 14.0 Å². The van der Waals surface area contributed by atoms with E-state index in [4.69, 9.17) is 4.42 Å². The van der Waals surface area contributed by atoms with Crippen molar-refractivity contribution in [2.75, 3.05) is 20.1 Å². The van der Waals surface area contributed by atoms with Crippen molar-refractivity contribution in [1.29, 1.82) is 0 Å². The lowest BCUT2D eigenvalue weighted by molar-refractivity contribution is -0.124. The number of carbonyl (C=O) groups is 2. The molecule has 1 aromatic carbocycles. The highest BCUT2D eigenvalue weighted by atomic mass is 32.1. The summed E-state index contributed by atoms with van der Waals surface area (Å²) in [5, 5.41) is 5.21. The Morgan fingerprint density at radius 2 is 1.97 bits per heavy atom. The minimum atomic E-state index is -0.442. The zero-order valence-electron chi connectivity index (χ0n) is 19.5. The Morgan fingerprint density at radius 3 is 2.71 bits per heavy atom. The topological polar surface area (TPSA) is 65.8 Å². The van der Waals surface area contributed by atoms with Crippen molar-refractivity contribution in [3.05, 3.63) is 81.9 Å². The van der Waals surface area contributed by atoms with Crippen LogP contribution in [0.25, 0.3) is 0 Å².